The summed E-state index contributed by atoms with van der Waals surface area (Å²) in [6.07, 6.45) is 0. The van der Waals surface area contributed by atoms with Crippen molar-refractivity contribution in [2.75, 3.05) is 13.2 Å². The van der Waals surface area contributed by atoms with Crippen molar-refractivity contribution in [3.63, 3.8) is 0 Å². The number of hydrogen-bond donors (Lipinski definition) is 1. The molecule has 1 unspecified atom stereocenters. The van der Waals surface area contributed by atoms with Crippen LogP contribution >= 0.6 is 0 Å². The minimum atomic E-state index is -1.21. The summed E-state index contributed by atoms with van der Waals surface area (Å²) in [6, 6.07) is 4.70. The maximum absolute atomic E-state index is 13.0. The molecule has 3 heterocycles. The van der Waals surface area contributed by atoms with E-state index in [2.05, 4.69) is 15.5 Å². The lowest BCUT2D eigenvalue weighted by molar-refractivity contribution is -0.131. The lowest BCUT2D eigenvalue weighted by atomic mass is 9.91. The standard InChI is InChI=1S/C18H20N4O5/c1-10(2)15-19-14(27-21-15)9-22-16(23)18(3,20-17(22)24)11-4-5-12-13(8-11)26-7-6-25-12/h4-5,8,10H,6-7,9H2,1-3H3,(H,20,24). The number of carbonyl (C=O) groups is 2. The number of hydrogen-bond acceptors (Lipinski definition) is 7. The van der Waals surface area contributed by atoms with Gasteiger partial charge in [0.15, 0.2) is 17.3 Å². The van der Waals surface area contributed by atoms with Gasteiger partial charge < -0.3 is 19.3 Å². The molecule has 1 fully saturated rings. The average Bonchev–Trinajstić information content (AvgIpc) is 3.21. The van der Waals surface area contributed by atoms with E-state index in [4.69, 9.17) is 14.0 Å². The van der Waals surface area contributed by atoms with Gasteiger partial charge in [0.2, 0.25) is 5.89 Å². The van der Waals surface area contributed by atoms with Gasteiger partial charge in [0.1, 0.15) is 25.3 Å². The van der Waals surface area contributed by atoms with Crippen LogP contribution in [0.2, 0.25) is 0 Å². The number of nitrogens with zero attached hydrogens (tertiary/aromatic N) is 3. The molecule has 0 spiro atoms. The molecule has 0 radical (unpaired) electrons. The SMILES string of the molecule is CC(C)c1noc(CN2C(=O)NC(C)(c3ccc4c(c3)OCCO4)C2=O)n1. The number of fused-ring (bicyclic) bond motifs is 1. The van der Waals surface area contributed by atoms with Gasteiger partial charge in [-0.25, -0.2) is 4.79 Å². The first-order valence-corrected chi connectivity index (χ1v) is 8.75. The van der Waals surface area contributed by atoms with E-state index in [1.165, 1.54) is 0 Å². The van der Waals surface area contributed by atoms with Gasteiger partial charge in [-0.05, 0) is 24.6 Å². The van der Waals surface area contributed by atoms with Crippen LogP contribution < -0.4 is 14.8 Å². The van der Waals surface area contributed by atoms with Crippen LogP contribution in [0.25, 0.3) is 0 Å². The number of ether oxygens (including phenoxy) is 2. The van der Waals surface area contributed by atoms with E-state index < -0.39 is 17.5 Å². The van der Waals surface area contributed by atoms with Crippen molar-refractivity contribution in [1.82, 2.24) is 20.4 Å². The second kappa shape index (κ2) is 6.26. The summed E-state index contributed by atoms with van der Waals surface area (Å²) in [6.45, 7) is 6.36. The maximum atomic E-state index is 13.0. The van der Waals surface area contributed by atoms with Gasteiger partial charge in [-0.3, -0.25) is 9.69 Å². The summed E-state index contributed by atoms with van der Waals surface area (Å²) < 4.78 is 16.3. The van der Waals surface area contributed by atoms with Gasteiger partial charge in [-0.1, -0.05) is 25.1 Å². The quantitative estimate of drug-likeness (QED) is 0.817. The zero-order valence-electron chi connectivity index (χ0n) is 15.3. The highest BCUT2D eigenvalue weighted by molar-refractivity contribution is 6.07. The predicted octanol–water partition coefficient (Wildman–Crippen LogP) is 1.93. The lowest BCUT2D eigenvalue weighted by Gasteiger charge is -2.25. The number of nitrogens with one attached hydrogen (secondary N) is 1. The Kier molecular flexibility index (Phi) is 4.01. The summed E-state index contributed by atoms with van der Waals surface area (Å²) in [5, 5.41) is 6.62. The molecule has 0 saturated carbocycles. The Bertz CT molecular complexity index is 909. The van der Waals surface area contributed by atoms with Gasteiger partial charge in [0.05, 0.1) is 0 Å². The third-order valence-electron chi connectivity index (χ3n) is 4.69. The number of benzene rings is 1. The molecule has 0 bridgehead atoms. The summed E-state index contributed by atoms with van der Waals surface area (Å²) in [5.74, 6) is 1.62. The van der Waals surface area contributed by atoms with Crippen molar-refractivity contribution >= 4 is 11.9 Å². The van der Waals surface area contributed by atoms with Crippen molar-refractivity contribution in [2.24, 2.45) is 0 Å². The van der Waals surface area contributed by atoms with Gasteiger partial charge >= 0.3 is 6.03 Å². The Balaban J connectivity index is 1.59. The highest BCUT2D eigenvalue weighted by atomic mass is 16.6. The van der Waals surface area contributed by atoms with E-state index in [1.807, 2.05) is 13.8 Å². The molecule has 4 rings (SSSR count). The Morgan fingerprint density at radius 2 is 1.96 bits per heavy atom. The number of imide groups is 1. The molecule has 27 heavy (non-hydrogen) atoms. The van der Waals surface area contributed by atoms with Crippen LogP contribution in [0.1, 0.15) is 44.0 Å². The molecule has 2 aliphatic heterocycles. The summed E-state index contributed by atoms with van der Waals surface area (Å²) >= 11 is 0. The van der Waals surface area contributed by atoms with Gasteiger partial charge in [0.25, 0.3) is 5.91 Å². The summed E-state index contributed by atoms with van der Waals surface area (Å²) in [7, 11) is 0. The Labute approximate surface area is 155 Å². The third kappa shape index (κ3) is 2.88. The zero-order valence-corrected chi connectivity index (χ0v) is 15.3. The first kappa shape index (κ1) is 17.3. The Morgan fingerprint density at radius 3 is 2.67 bits per heavy atom. The van der Waals surface area contributed by atoms with Crippen LogP contribution in [0.4, 0.5) is 4.79 Å². The van der Waals surface area contributed by atoms with Crippen molar-refractivity contribution in [2.45, 2.75) is 38.8 Å². The fraction of sp³-hybridized carbons (Fsp3) is 0.444. The van der Waals surface area contributed by atoms with E-state index in [0.717, 1.165) is 4.90 Å². The van der Waals surface area contributed by atoms with Gasteiger partial charge in [-0.15, -0.1) is 0 Å². The molecule has 2 aromatic rings. The van der Waals surface area contributed by atoms with E-state index >= 15 is 0 Å². The summed E-state index contributed by atoms with van der Waals surface area (Å²) in [4.78, 5) is 30.8. The molecule has 1 aromatic heterocycles. The molecular formula is C18H20N4O5. The zero-order chi connectivity index (χ0) is 19.2. The highest BCUT2D eigenvalue weighted by Gasteiger charge is 2.49. The third-order valence-corrected chi connectivity index (χ3v) is 4.69. The molecular weight excluding hydrogens is 352 g/mol. The molecule has 142 valence electrons. The molecule has 0 aliphatic carbocycles. The van der Waals surface area contributed by atoms with Crippen molar-refractivity contribution in [1.29, 1.82) is 0 Å². The predicted molar refractivity (Wildman–Crippen MR) is 92.3 cm³/mol. The number of carbonyl (C=O) groups excluding carboxylic acids is 2. The lowest BCUT2D eigenvalue weighted by Crippen LogP contribution is -2.41. The average molecular weight is 372 g/mol. The van der Waals surface area contributed by atoms with Crippen LogP contribution in [-0.2, 0) is 16.9 Å². The fourth-order valence-corrected chi connectivity index (χ4v) is 3.09. The first-order valence-electron chi connectivity index (χ1n) is 8.75. The van der Waals surface area contributed by atoms with Crippen LogP contribution in [0.5, 0.6) is 11.5 Å². The van der Waals surface area contributed by atoms with Crippen LogP contribution in [0.3, 0.4) is 0 Å². The fourth-order valence-electron chi connectivity index (χ4n) is 3.09. The van der Waals surface area contributed by atoms with Crippen LogP contribution in [-0.4, -0.2) is 40.2 Å². The molecule has 2 aliphatic rings. The first-order chi connectivity index (χ1) is 12.9. The summed E-state index contributed by atoms with van der Waals surface area (Å²) in [5.41, 5.74) is -0.602. The molecule has 1 atom stereocenters. The number of amides is 3. The number of rotatable bonds is 4. The molecule has 1 N–H and O–H groups in total. The minimum absolute atomic E-state index is 0.0788. The van der Waals surface area contributed by atoms with Crippen molar-refractivity contribution in [3.05, 3.63) is 35.5 Å². The van der Waals surface area contributed by atoms with Crippen LogP contribution in [0.15, 0.2) is 22.7 Å². The van der Waals surface area contributed by atoms with Crippen molar-refractivity contribution in [3.8, 4) is 11.5 Å². The van der Waals surface area contributed by atoms with E-state index in [-0.39, 0.29) is 18.4 Å². The van der Waals surface area contributed by atoms with E-state index in [1.54, 1.807) is 25.1 Å². The minimum Gasteiger partial charge on any atom is -0.486 e. The smallest absolute Gasteiger partial charge is 0.325 e. The normalized spacial score (nSPS) is 21.7. The Hall–Kier alpha value is -3.10. The number of aromatic nitrogens is 2. The van der Waals surface area contributed by atoms with E-state index in [0.29, 0.717) is 36.1 Å². The van der Waals surface area contributed by atoms with Crippen molar-refractivity contribution < 1.29 is 23.6 Å². The molecule has 3 amide bonds. The second-order valence-electron chi connectivity index (χ2n) is 7.01. The monoisotopic (exact) mass is 372 g/mol. The molecule has 9 heteroatoms. The Morgan fingerprint density at radius 1 is 1.22 bits per heavy atom. The maximum Gasteiger partial charge on any atom is 0.325 e. The molecule has 1 aromatic carbocycles. The van der Waals surface area contributed by atoms with Gasteiger partial charge in [0, 0.05) is 5.92 Å². The van der Waals surface area contributed by atoms with E-state index in [9.17, 15) is 9.59 Å². The van der Waals surface area contributed by atoms with Crippen LogP contribution in [0, 0.1) is 0 Å². The topological polar surface area (TPSA) is 107 Å². The molecule has 1 saturated heterocycles. The molecule has 9 nitrogen and oxygen atoms in total. The largest absolute Gasteiger partial charge is 0.486 e. The number of urea groups is 1. The highest BCUT2D eigenvalue weighted by Crippen LogP contribution is 2.37. The second-order valence-corrected chi connectivity index (χ2v) is 7.01. The van der Waals surface area contributed by atoms with Gasteiger partial charge in [-0.2, -0.15) is 4.98 Å².